The van der Waals surface area contributed by atoms with Crippen LogP contribution in [0.5, 0.6) is 0 Å². The van der Waals surface area contributed by atoms with Crippen LogP contribution in [0.3, 0.4) is 0 Å². The smallest absolute Gasteiger partial charge is 0.274 e. The van der Waals surface area contributed by atoms with Gasteiger partial charge in [-0.15, -0.1) is 16.4 Å². The highest BCUT2D eigenvalue weighted by Gasteiger charge is 2.28. The van der Waals surface area contributed by atoms with Crippen LogP contribution < -0.4 is 0 Å². The van der Waals surface area contributed by atoms with Crippen molar-refractivity contribution in [3.8, 4) is 0 Å². The number of carbonyl (C=O) groups excluding carboxylic acids is 1. The van der Waals surface area contributed by atoms with E-state index in [-0.39, 0.29) is 11.8 Å². The molecule has 4 rings (SSSR count). The van der Waals surface area contributed by atoms with E-state index in [1.807, 2.05) is 22.8 Å². The predicted octanol–water partition coefficient (Wildman–Crippen LogP) is 2.20. The first-order valence-electron chi connectivity index (χ1n) is 8.26. The average Bonchev–Trinajstić information content (AvgIpc) is 3.34. The minimum Gasteiger partial charge on any atom is -0.337 e. The van der Waals surface area contributed by atoms with Gasteiger partial charge in [0.25, 0.3) is 5.91 Å². The number of hydrogen-bond donors (Lipinski definition) is 0. The molecule has 3 aromatic heterocycles. The van der Waals surface area contributed by atoms with Gasteiger partial charge in [0.2, 0.25) is 0 Å². The SMILES string of the molecule is O=C(c1cccnn1)N1CCC[C@@H](c2nccn2Cc2cscn2)C1. The zero-order valence-corrected chi connectivity index (χ0v) is 14.5. The first-order valence-corrected chi connectivity index (χ1v) is 9.20. The van der Waals surface area contributed by atoms with Gasteiger partial charge in [-0.3, -0.25) is 4.79 Å². The Morgan fingerprint density at radius 2 is 2.28 bits per heavy atom. The lowest BCUT2D eigenvalue weighted by Gasteiger charge is -2.32. The third kappa shape index (κ3) is 3.43. The molecule has 1 aliphatic heterocycles. The monoisotopic (exact) mass is 354 g/mol. The molecule has 1 atom stereocenters. The molecule has 4 heterocycles. The van der Waals surface area contributed by atoms with Crippen LogP contribution in [0.4, 0.5) is 0 Å². The summed E-state index contributed by atoms with van der Waals surface area (Å²) in [6.45, 7) is 2.12. The van der Waals surface area contributed by atoms with Gasteiger partial charge in [-0.25, -0.2) is 9.97 Å². The number of piperidine rings is 1. The molecular formula is C17H18N6OS. The summed E-state index contributed by atoms with van der Waals surface area (Å²) in [5.41, 5.74) is 3.27. The largest absolute Gasteiger partial charge is 0.337 e. The maximum Gasteiger partial charge on any atom is 0.274 e. The summed E-state index contributed by atoms with van der Waals surface area (Å²) >= 11 is 1.59. The van der Waals surface area contributed by atoms with Gasteiger partial charge in [0, 0.05) is 43.0 Å². The molecule has 0 N–H and O–H groups in total. The van der Waals surface area contributed by atoms with Crippen molar-refractivity contribution in [2.75, 3.05) is 13.1 Å². The molecule has 0 spiro atoms. The lowest BCUT2D eigenvalue weighted by molar-refractivity contribution is 0.0696. The van der Waals surface area contributed by atoms with Crippen molar-refractivity contribution < 1.29 is 4.79 Å². The third-order valence-electron chi connectivity index (χ3n) is 4.43. The molecule has 0 bridgehead atoms. The Balaban J connectivity index is 1.50. The summed E-state index contributed by atoms with van der Waals surface area (Å²) in [5.74, 6) is 1.18. The van der Waals surface area contributed by atoms with Crippen molar-refractivity contribution in [3.63, 3.8) is 0 Å². The zero-order chi connectivity index (χ0) is 17.1. The van der Waals surface area contributed by atoms with Crippen LogP contribution >= 0.6 is 11.3 Å². The highest BCUT2D eigenvalue weighted by Crippen LogP contribution is 2.27. The van der Waals surface area contributed by atoms with Gasteiger partial charge in [0.05, 0.1) is 17.7 Å². The van der Waals surface area contributed by atoms with E-state index in [0.717, 1.165) is 30.9 Å². The minimum atomic E-state index is -0.0598. The Morgan fingerprint density at radius 1 is 1.32 bits per heavy atom. The van der Waals surface area contributed by atoms with Crippen LogP contribution in [0.15, 0.2) is 41.6 Å². The van der Waals surface area contributed by atoms with E-state index in [9.17, 15) is 4.79 Å². The van der Waals surface area contributed by atoms with Crippen LogP contribution in [0.2, 0.25) is 0 Å². The first kappa shape index (κ1) is 15.9. The molecule has 0 unspecified atom stereocenters. The zero-order valence-electron chi connectivity index (χ0n) is 13.7. The number of rotatable bonds is 4. The number of nitrogens with zero attached hydrogens (tertiary/aromatic N) is 6. The number of thiazole rings is 1. The van der Waals surface area contributed by atoms with Gasteiger partial charge in [0.15, 0.2) is 5.69 Å². The van der Waals surface area contributed by atoms with E-state index < -0.39 is 0 Å². The summed E-state index contributed by atoms with van der Waals surface area (Å²) < 4.78 is 2.13. The van der Waals surface area contributed by atoms with Gasteiger partial charge in [0.1, 0.15) is 5.82 Å². The quantitative estimate of drug-likeness (QED) is 0.718. The molecule has 1 fully saturated rings. The Hall–Kier alpha value is -2.61. The van der Waals surface area contributed by atoms with Crippen molar-refractivity contribution in [2.24, 2.45) is 0 Å². The maximum atomic E-state index is 12.6. The average molecular weight is 354 g/mol. The lowest BCUT2D eigenvalue weighted by atomic mass is 9.96. The number of imidazole rings is 1. The van der Waals surface area contributed by atoms with E-state index >= 15 is 0 Å². The molecule has 1 amide bonds. The van der Waals surface area contributed by atoms with E-state index in [2.05, 4.69) is 30.1 Å². The number of likely N-dealkylation sites (tertiary alicyclic amines) is 1. The normalized spacial score (nSPS) is 17.6. The second-order valence-electron chi connectivity index (χ2n) is 6.09. The Kier molecular flexibility index (Phi) is 4.51. The summed E-state index contributed by atoms with van der Waals surface area (Å²) in [4.78, 5) is 23.4. The molecule has 128 valence electrons. The maximum absolute atomic E-state index is 12.6. The highest BCUT2D eigenvalue weighted by molar-refractivity contribution is 7.07. The third-order valence-corrected chi connectivity index (χ3v) is 5.06. The molecule has 0 aliphatic carbocycles. The summed E-state index contributed by atoms with van der Waals surface area (Å²) in [6, 6.07) is 3.45. The fourth-order valence-corrected chi connectivity index (χ4v) is 3.80. The Labute approximate surface area is 149 Å². The van der Waals surface area contributed by atoms with E-state index in [1.165, 1.54) is 0 Å². The van der Waals surface area contributed by atoms with Gasteiger partial charge in [-0.05, 0) is 25.0 Å². The molecule has 1 saturated heterocycles. The second kappa shape index (κ2) is 7.10. The van der Waals surface area contributed by atoms with E-state index in [1.54, 1.807) is 29.7 Å². The highest BCUT2D eigenvalue weighted by atomic mass is 32.1. The number of carbonyl (C=O) groups is 1. The van der Waals surface area contributed by atoms with Crippen LogP contribution in [0.1, 0.15) is 40.8 Å². The molecule has 0 radical (unpaired) electrons. The van der Waals surface area contributed by atoms with Crippen molar-refractivity contribution in [3.05, 3.63) is 58.8 Å². The van der Waals surface area contributed by atoms with Gasteiger partial charge in [-0.2, -0.15) is 5.10 Å². The molecule has 0 aromatic carbocycles. The van der Waals surface area contributed by atoms with Gasteiger partial charge >= 0.3 is 0 Å². The minimum absolute atomic E-state index is 0.0598. The number of amides is 1. The molecule has 8 heteroatoms. The molecule has 7 nitrogen and oxygen atoms in total. The lowest BCUT2D eigenvalue weighted by Crippen LogP contribution is -2.40. The van der Waals surface area contributed by atoms with E-state index in [4.69, 9.17) is 0 Å². The van der Waals surface area contributed by atoms with Crippen molar-refractivity contribution >= 4 is 17.2 Å². The summed E-state index contributed by atoms with van der Waals surface area (Å²) in [7, 11) is 0. The fraction of sp³-hybridized carbons (Fsp3) is 0.353. The second-order valence-corrected chi connectivity index (χ2v) is 6.81. The summed E-state index contributed by atoms with van der Waals surface area (Å²) in [5, 5.41) is 9.80. The van der Waals surface area contributed by atoms with Crippen LogP contribution in [-0.2, 0) is 6.54 Å². The van der Waals surface area contributed by atoms with Gasteiger partial charge < -0.3 is 9.47 Å². The van der Waals surface area contributed by atoms with Crippen molar-refractivity contribution in [1.82, 2.24) is 29.6 Å². The standard InChI is InChI=1S/C17H18N6OS/c24-17(15-4-1-5-20-21-15)23-7-2-3-13(9-23)16-18-6-8-22(16)10-14-11-25-12-19-14/h1,4-6,8,11-13H,2-3,7,9-10H2/t13-/m1/s1. The molecular weight excluding hydrogens is 336 g/mol. The molecule has 1 aliphatic rings. The summed E-state index contributed by atoms with van der Waals surface area (Å²) in [6.07, 6.45) is 7.37. The van der Waals surface area contributed by atoms with Crippen molar-refractivity contribution in [2.45, 2.75) is 25.3 Å². The fourth-order valence-electron chi connectivity index (χ4n) is 3.25. The molecule has 25 heavy (non-hydrogen) atoms. The van der Waals surface area contributed by atoms with Gasteiger partial charge in [-0.1, -0.05) is 0 Å². The predicted molar refractivity (Wildman–Crippen MR) is 93.4 cm³/mol. The van der Waals surface area contributed by atoms with Crippen LogP contribution in [-0.4, -0.2) is 48.6 Å². The Morgan fingerprint density at radius 3 is 3.08 bits per heavy atom. The van der Waals surface area contributed by atoms with E-state index in [0.29, 0.717) is 18.8 Å². The Bertz CT molecular complexity index is 832. The van der Waals surface area contributed by atoms with Crippen LogP contribution in [0, 0.1) is 0 Å². The molecule has 0 saturated carbocycles. The molecule has 3 aromatic rings. The number of hydrogen-bond acceptors (Lipinski definition) is 6. The number of aromatic nitrogens is 5. The van der Waals surface area contributed by atoms with Crippen molar-refractivity contribution in [1.29, 1.82) is 0 Å². The first-order chi connectivity index (χ1) is 12.3. The van der Waals surface area contributed by atoms with Crippen LogP contribution in [0.25, 0.3) is 0 Å². The topological polar surface area (TPSA) is 76.8 Å².